The molecule has 0 aromatic heterocycles. The van der Waals surface area contributed by atoms with Crippen molar-refractivity contribution in [2.45, 2.75) is 5.41 Å². The quantitative estimate of drug-likeness (QED) is 0.172. The lowest BCUT2D eigenvalue weighted by Crippen LogP contribution is -2.25. The monoisotopic (exact) mass is 604 g/mol. The van der Waals surface area contributed by atoms with E-state index in [0.717, 1.165) is 49.4 Å². The summed E-state index contributed by atoms with van der Waals surface area (Å²) in [6, 6.07) is 53.7. The van der Waals surface area contributed by atoms with Gasteiger partial charge in [0.15, 0.2) is 11.6 Å². The van der Waals surface area contributed by atoms with Crippen LogP contribution in [-0.4, -0.2) is 0 Å². The molecule has 0 heterocycles. The van der Waals surface area contributed by atoms with E-state index < -0.39 is 17.0 Å². The molecule has 0 aliphatic heterocycles. The number of rotatable bonds is 2. The standard InChI is InChI=1S/C45H26F2/c46-42-25-36(37(26-43(42)47)35-24-27-12-1-2-13-28(27)29-14-3-4-15-30(29)35)33-19-11-23-41-44(33)34-18-7-10-22-40(34)45(41)38-20-8-5-16-31(38)32-17-6-9-21-39(32)45/h1-26H. The number of hydrogen-bond donors (Lipinski definition) is 0. The fourth-order valence-corrected chi connectivity index (χ4v) is 8.64. The van der Waals surface area contributed by atoms with Crippen LogP contribution in [0.3, 0.4) is 0 Å². The summed E-state index contributed by atoms with van der Waals surface area (Å²) in [5.41, 5.74) is 12.1. The maximum absolute atomic E-state index is 15.5. The van der Waals surface area contributed by atoms with E-state index in [1.807, 2.05) is 24.3 Å². The molecule has 0 N–H and O–H groups in total. The highest BCUT2D eigenvalue weighted by Gasteiger charge is 2.52. The van der Waals surface area contributed by atoms with Gasteiger partial charge in [0.1, 0.15) is 0 Å². The second kappa shape index (κ2) is 9.57. The maximum atomic E-state index is 15.5. The summed E-state index contributed by atoms with van der Waals surface area (Å²) in [5.74, 6) is -1.71. The number of hydrogen-bond acceptors (Lipinski definition) is 0. The molecule has 2 aliphatic rings. The Labute approximate surface area is 271 Å². The summed E-state index contributed by atoms with van der Waals surface area (Å²) in [6.07, 6.45) is 0. The average Bonchev–Trinajstić information content (AvgIpc) is 3.60. The van der Waals surface area contributed by atoms with Gasteiger partial charge < -0.3 is 0 Å². The summed E-state index contributed by atoms with van der Waals surface area (Å²) < 4.78 is 30.9. The molecular weight excluding hydrogens is 578 g/mol. The van der Waals surface area contributed by atoms with Crippen LogP contribution in [0.4, 0.5) is 8.78 Å². The Kier molecular flexibility index (Phi) is 5.37. The number of halogens is 2. The molecule has 10 rings (SSSR count). The predicted octanol–water partition coefficient (Wildman–Crippen LogP) is 11.9. The van der Waals surface area contributed by atoms with Gasteiger partial charge in [-0.25, -0.2) is 8.78 Å². The molecule has 0 saturated carbocycles. The summed E-state index contributed by atoms with van der Waals surface area (Å²) in [4.78, 5) is 0. The average molecular weight is 605 g/mol. The highest BCUT2D eigenvalue weighted by Crippen LogP contribution is 2.64. The van der Waals surface area contributed by atoms with Crippen molar-refractivity contribution in [1.82, 2.24) is 0 Å². The van der Waals surface area contributed by atoms with Gasteiger partial charge in [-0.2, -0.15) is 0 Å². The van der Waals surface area contributed by atoms with Crippen LogP contribution in [0.2, 0.25) is 0 Å². The van der Waals surface area contributed by atoms with Gasteiger partial charge in [-0.3, -0.25) is 0 Å². The third-order valence-corrected chi connectivity index (χ3v) is 10.4. The Morgan fingerprint density at radius 2 is 0.787 bits per heavy atom. The van der Waals surface area contributed by atoms with Crippen LogP contribution in [0.25, 0.3) is 66.1 Å². The van der Waals surface area contributed by atoms with Crippen molar-refractivity contribution in [1.29, 1.82) is 0 Å². The van der Waals surface area contributed by atoms with Crippen LogP contribution in [0, 0.1) is 11.6 Å². The van der Waals surface area contributed by atoms with E-state index in [-0.39, 0.29) is 0 Å². The first-order valence-corrected chi connectivity index (χ1v) is 16.0. The zero-order chi connectivity index (χ0) is 31.3. The van der Waals surface area contributed by atoms with Crippen LogP contribution in [-0.2, 0) is 5.41 Å². The van der Waals surface area contributed by atoms with E-state index in [0.29, 0.717) is 11.1 Å². The number of fused-ring (bicyclic) bond motifs is 13. The minimum Gasteiger partial charge on any atom is -0.204 e. The first-order valence-electron chi connectivity index (χ1n) is 16.0. The minimum atomic E-state index is -0.857. The molecule has 0 radical (unpaired) electrons. The van der Waals surface area contributed by atoms with Gasteiger partial charge in [0, 0.05) is 0 Å². The zero-order valence-corrected chi connectivity index (χ0v) is 25.3. The topological polar surface area (TPSA) is 0 Å². The van der Waals surface area contributed by atoms with Gasteiger partial charge in [-0.1, -0.05) is 140 Å². The van der Waals surface area contributed by atoms with Gasteiger partial charge in [0.05, 0.1) is 5.41 Å². The Hall–Kier alpha value is -5.86. The zero-order valence-electron chi connectivity index (χ0n) is 25.3. The van der Waals surface area contributed by atoms with E-state index in [1.54, 1.807) is 0 Å². The summed E-state index contributed by atoms with van der Waals surface area (Å²) in [6.45, 7) is 0. The first-order chi connectivity index (χ1) is 23.2. The van der Waals surface area contributed by atoms with Crippen molar-refractivity contribution in [3.8, 4) is 44.5 Å². The van der Waals surface area contributed by atoms with Gasteiger partial charge in [-0.15, -0.1) is 0 Å². The summed E-state index contributed by atoms with van der Waals surface area (Å²) in [7, 11) is 0. The highest BCUT2D eigenvalue weighted by molar-refractivity contribution is 6.15. The Morgan fingerprint density at radius 3 is 1.47 bits per heavy atom. The van der Waals surface area contributed by atoms with Crippen molar-refractivity contribution in [2.24, 2.45) is 0 Å². The van der Waals surface area contributed by atoms with Crippen LogP contribution in [0.15, 0.2) is 158 Å². The molecule has 0 fully saturated rings. The van der Waals surface area contributed by atoms with Gasteiger partial charge in [-0.05, 0) is 107 Å². The molecule has 0 amide bonds. The first kappa shape index (κ1) is 26.4. The molecule has 0 saturated heterocycles. The Balaban J connectivity index is 1.33. The molecule has 2 aliphatic carbocycles. The highest BCUT2D eigenvalue weighted by atomic mass is 19.2. The Bertz CT molecular complexity index is 2560. The molecule has 2 heteroatoms. The van der Waals surface area contributed by atoms with Gasteiger partial charge in [0.25, 0.3) is 0 Å². The Morgan fingerprint density at radius 1 is 0.319 bits per heavy atom. The normalized spacial score (nSPS) is 13.5. The van der Waals surface area contributed by atoms with Crippen molar-refractivity contribution < 1.29 is 8.78 Å². The lowest BCUT2D eigenvalue weighted by atomic mass is 9.70. The van der Waals surface area contributed by atoms with E-state index in [1.165, 1.54) is 39.9 Å². The van der Waals surface area contributed by atoms with Gasteiger partial charge >= 0.3 is 0 Å². The van der Waals surface area contributed by atoms with E-state index >= 15 is 8.78 Å². The molecule has 0 bridgehead atoms. The molecule has 220 valence electrons. The van der Waals surface area contributed by atoms with Crippen molar-refractivity contribution in [3.05, 3.63) is 192 Å². The van der Waals surface area contributed by atoms with Crippen LogP contribution in [0.5, 0.6) is 0 Å². The molecule has 8 aromatic carbocycles. The van der Waals surface area contributed by atoms with Crippen molar-refractivity contribution >= 4 is 21.5 Å². The summed E-state index contributed by atoms with van der Waals surface area (Å²) in [5, 5.41) is 4.27. The largest absolute Gasteiger partial charge is 0.204 e. The van der Waals surface area contributed by atoms with E-state index in [2.05, 4.69) is 121 Å². The third kappa shape index (κ3) is 3.40. The summed E-state index contributed by atoms with van der Waals surface area (Å²) >= 11 is 0. The smallest absolute Gasteiger partial charge is 0.159 e. The molecule has 8 aromatic rings. The number of benzene rings is 8. The lowest BCUT2D eigenvalue weighted by molar-refractivity contribution is 0.509. The molecular formula is C45H26F2. The SMILES string of the molecule is Fc1cc(-c2cccc3c2-c2ccccc2C32c3ccccc3-c3ccccc32)c(-c2cc3ccccc3c3ccccc23)cc1F. The van der Waals surface area contributed by atoms with Crippen LogP contribution >= 0.6 is 0 Å². The molecule has 47 heavy (non-hydrogen) atoms. The second-order valence-corrected chi connectivity index (χ2v) is 12.6. The fourth-order valence-electron chi connectivity index (χ4n) is 8.64. The van der Waals surface area contributed by atoms with Crippen molar-refractivity contribution in [2.75, 3.05) is 0 Å². The van der Waals surface area contributed by atoms with Crippen molar-refractivity contribution in [3.63, 3.8) is 0 Å². The molecule has 0 atom stereocenters. The fraction of sp³-hybridized carbons (Fsp3) is 0.0222. The molecule has 0 nitrogen and oxygen atoms in total. The molecule has 0 unspecified atom stereocenters. The maximum Gasteiger partial charge on any atom is 0.159 e. The minimum absolute atomic E-state index is 0.524. The predicted molar refractivity (Wildman–Crippen MR) is 189 cm³/mol. The molecule has 1 spiro atoms. The van der Waals surface area contributed by atoms with Gasteiger partial charge in [0.2, 0.25) is 0 Å². The van der Waals surface area contributed by atoms with Crippen LogP contribution in [0.1, 0.15) is 22.3 Å². The third-order valence-electron chi connectivity index (χ3n) is 10.4. The second-order valence-electron chi connectivity index (χ2n) is 12.6. The van der Waals surface area contributed by atoms with E-state index in [4.69, 9.17) is 0 Å². The lowest BCUT2D eigenvalue weighted by Gasteiger charge is -2.30. The van der Waals surface area contributed by atoms with Crippen LogP contribution < -0.4 is 0 Å². The van der Waals surface area contributed by atoms with E-state index in [9.17, 15) is 0 Å².